The Morgan fingerprint density at radius 3 is 2.29 bits per heavy atom. The van der Waals surface area contributed by atoms with Crippen molar-refractivity contribution in [1.29, 1.82) is 0 Å². The maximum Gasteiger partial charge on any atom is 0.0393 e. The lowest BCUT2D eigenvalue weighted by atomic mass is 9.76. The first-order valence-corrected chi connectivity index (χ1v) is 8.40. The van der Waals surface area contributed by atoms with E-state index in [4.69, 9.17) is 0 Å². The third-order valence-corrected chi connectivity index (χ3v) is 4.99. The Balaban J connectivity index is 2.11. The highest BCUT2D eigenvalue weighted by atomic mass is 15.1. The van der Waals surface area contributed by atoms with E-state index in [1.165, 1.54) is 50.6 Å². The molecule has 0 aromatic rings. The molecule has 0 unspecified atom stereocenters. The first kappa shape index (κ1) is 14.4. The molecule has 0 saturated heterocycles. The second-order valence-corrected chi connectivity index (χ2v) is 6.45. The molecule has 0 heterocycles. The van der Waals surface area contributed by atoms with Gasteiger partial charge in [-0.15, -0.1) is 0 Å². The molecule has 0 aromatic heterocycles. The van der Waals surface area contributed by atoms with Gasteiger partial charge in [-0.1, -0.05) is 25.2 Å². The second-order valence-electron chi connectivity index (χ2n) is 6.45. The van der Waals surface area contributed by atoms with E-state index in [1.807, 2.05) is 0 Å². The Labute approximate surface area is 129 Å². The molecule has 3 rings (SSSR count). The molecule has 0 fully saturated rings. The van der Waals surface area contributed by atoms with Crippen molar-refractivity contribution in [3.63, 3.8) is 0 Å². The molecule has 112 valence electrons. The van der Waals surface area contributed by atoms with Crippen molar-refractivity contribution in [2.24, 2.45) is 0 Å². The summed E-state index contributed by atoms with van der Waals surface area (Å²) in [5.74, 6) is 0. The van der Waals surface area contributed by atoms with Crippen molar-refractivity contribution in [3.8, 4) is 0 Å². The van der Waals surface area contributed by atoms with Gasteiger partial charge in [0.1, 0.15) is 0 Å². The van der Waals surface area contributed by atoms with Gasteiger partial charge in [-0.3, -0.25) is 0 Å². The van der Waals surface area contributed by atoms with Crippen LogP contribution in [0.5, 0.6) is 0 Å². The van der Waals surface area contributed by atoms with Crippen LogP contribution in [0, 0.1) is 0 Å². The lowest BCUT2D eigenvalue weighted by Gasteiger charge is -2.31. The van der Waals surface area contributed by atoms with Crippen LogP contribution in [0.4, 0.5) is 0 Å². The van der Waals surface area contributed by atoms with E-state index in [9.17, 15) is 0 Å². The lowest BCUT2D eigenvalue weighted by Crippen LogP contribution is -2.17. The minimum atomic E-state index is 1.18. The van der Waals surface area contributed by atoms with E-state index in [-0.39, 0.29) is 0 Å². The Kier molecular flexibility index (Phi) is 4.19. The molecule has 0 aromatic carbocycles. The lowest BCUT2D eigenvalue weighted by molar-refractivity contribution is 0.516. The first-order chi connectivity index (χ1) is 10.2. The smallest absolute Gasteiger partial charge is 0.0393 e. The highest BCUT2D eigenvalue weighted by Gasteiger charge is 2.24. The van der Waals surface area contributed by atoms with E-state index in [1.54, 1.807) is 27.9 Å². The van der Waals surface area contributed by atoms with Crippen molar-refractivity contribution in [2.75, 3.05) is 14.1 Å². The summed E-state index contributed by atoms with van der Waals surface area (Å²) >= 11 is 0. The number of hydrogen-bond acceptors (Lipinski definition) is 1. The van der Waals surface area contributed by atoms with Gasteiger partial charge in [-0.05, 0) is 78.9 Å². The molecular weight excluding hydrogens is 254 g/mol. The zero-order valence-corrected chi connectivity index (χ0v) is 13.7. The number of nitrogens with zero attached hydrogens (tertiary/aromatic N) is 1. The van der Waals surface area contributed by atoms with Crippen LogP contribution in [-0.4, -0.2) is 19.0 Å². The molecule has 21 heavy (non-hydrogen) atoms. The summed E-state index contributed by atoms with van der Waals surface area (Å²) < 4.78 is 0. The van der Waals surface area contributed by atoms with Crippen molar-refractivity contribution < 1.29 is 0 Å². The van der Waals surface area contributed by atoms with Crippen molar-refractivity contribution in [1.82, 2.24) is 4.90 Å². The molecule has 0 bridgehead atoms. The topological polar surface area (TPSA) is 3.24 Å². The molecule has 0 radical (unpaired) electrons. The highest BCUT2D eigenvalue weighted by molar-refractivity contribution is 5.55. The summed E-state index contributed by atoms with van der Waals surface area (Å²) in [6, 6.07) is 0. The summed E-state index contributed by atoms with van der Waals surface area (Å²) in [5.41, 5.74) is 9.64. The molecule has 0 N–H and O–H groups in total. The SMILES string of the molecule is CCC1=C(C2=C(N(C)C)C=CCC2)CCC2=C1CCC=C2. The average Bonchev–Trinajstić information content (AvgIpc) is 2.53. The van der Waals surface area contributed by atoms with Crippen LogP contribution in [-0.2, 0) is 0 Å². The fraction of sp³-hybridized carbons (Fsp3) is 0.500. The molecule has 0 aliphatic heterocycles. The van der Waals surface area contributed by atoms with Crippen LogP contribution in [0.15, 0.2) is 57.9 Å². The zero-order valence-electron chi connectivity index (χ0n) is 13.7. The standard InChI is InChI=1S/C20H27N/c1-4-16-17-10-6-5-9-15(17)13-14-18(16)19-11-7-8-12-20(19)21(2)3/h5,8-9,12H,4,6-7,10-11,13-14H2,1-3H3. The normalized spacial score (nSPS) is 22.0. The predicted molar refractivity (Wildman–Crippen MR) is 91.0 cm³/mol. The summed E-state index contributed by atoms with van der Waals surface area (Å²) in [6.45, 7) is 2.33. The largest absolute Gasteiger partial charge is 0.377 e. The molecule has 3 aliphatic carbocycles. The van der Waals surface area contributed by atoms with Gasteiger partial charge in [0, 0.05) is 19.8 Å². The summed E-state index contributed by atoms with van der Waals surface area (Å²) in [5, 5.41) is 0. The third kappa shape index (κ3) is 2.66. The van der Waals surface area contributed by atoms with E-state index in [2.05, 4.69) is 50.2 Å². The molecule has 0 saturated carbocycles. The third-order valence-electron chi connectivity index (χ3n) is 4.99. The molecule has 0 amide bonds. The minimum Gasteiger partial charge on any atom is -0.377 e. The van der Waals surface area contributed by atoms with Crippen LogP contribution in [0.2, 0.25) is 0 Å². The average molecular weight is 281 g/mol. The second kappa shape index (κ2) is 6.09. The van der Waals surface area contributed by atoms with Crippen LogP contribution in [0.1, 0.15) is 51.9 Å². The van der Waals surface area contributed by atoms with E-state index in [0.29, 0.717) is 0 Å². The zero-order chi connectivity index (χ0) is 14.8. The van der Waals surface area contributed by atoms with Crippen molar-refractivity contribution >= 4 is 0 Å². The maximum atomic E-state index is 2.38. The Hall–Kier alpha value is -1.50. The minimum absolute atomic E-state index is 1.18. The first-order valence-electron chi connectivity index (χ1n) is 8.40. The van der Waals surface area contributed by atoms with Gasteiger partial charge in [0.15, 0.2) is 0 Å². The molecule has 1 nitrogen and oxygen atoms in total. The number of allylic oxidation sites excluding steroid dienone is 9. The van der Waals surface area contributed by atoms with E-state index in [0.717, 1.165) is 0 Å². The van der Waals surface area contributed by atoms with Crippen molar-refractivity contribution in [2.45, 2.75) is 51.9 Å². The molecule has 1 heteroatoms. The highest BCUT2D eigenvalue weighted by Crippen LogP contribution is 2.42. The van der Waals surface area contributed by atoms with E-state index >= 15 is 0 Å². The summed E-state index contributed by atoms with van der Waals surface area (Å²) in [6.07, 6.45) is 17.9. The van der Waals surface area contributed by atoms with Gasteiger partial charge >= 0.3 is 0 Å². The van der Waals surface area contributed by atoms with Crippen LogP contribution in [0.3, 0.4) is 0 Å². The van der Waals surface area contributed by atoms with Crippen LogP contribution in [0.25, 0.3) is 0 Å². The van der Waals surface area contributed by atoms with Gasteiger partial charge < -0.3 is 4.90 Å². The fourth-order valence-corrected chi connectivity index (χ4v) is 4.02. The maximum absolute atomic E-state index is 2.38. The fourth-order valence-electron chi connectivity index (χ4n) is 4.02. The van der Waals surface area contributed by atoms with Crippen LogP contribution < -0.4 is 0 Å². The number of hydrogen-bond donors (Lipinski definition) is 0. The monoisotopic (exact) mass is 281 g/mol. The Morgan fingerprint density at radius 1 is 0.857 bits per heavy atom. The van der Waals surface area contributed by atoms with Gasteiger partial charge in [0.25, 0.3) is 0 Å². The van der Waals surface area contributed by atoms with Gasteiger partial charge in [0.05, 0.1) is 0 Å². The number of rotatable bonds is 3. The predicted octanol–water partition coefficient (Wildman–Crippen LogP) is 5.30. The Bertz CT molecular complexity index is 579. The summed E-state index contributed by atoms with van der Waals surface area (Å²) in [7, 11) is 4.35. The Morgan fingerprint density at radius 2 is 1.57 bits per heavy atom. The number of likely N-dealkylation sites (N-methyl/N-ethyl adjacent to an activating group) is 1. The van der Waals surface area contributed by atoms with Gasteiger partial charge in [0.2, 0.25) is 0 Å². The molecule has 3 aliphatic rings. The molecular formula is C20H27N. The summed E-state index contributed by atoms with van der Waals surface area (Å²) in [4.78, 5) is 2.29. The van der Waals surface area contributed by atoms with Gasteiger partial charge in [-0.25, -0.2) is 0 Å². The quantitative estimate of drug-likeness (QED) is 0.678. The van der Waals surface area contributed by atoms with Crippen molar-refractivity contribution in [3.05, 3.63) is 57.9 Å². The molecule has 0 spiro atoms. The molecule has 0 atom stereocenters. The van der Waals surface area contributed by atoms with Gasteiger partial charge in [-0.2, -0.15) is 0 Å². The van der Waals surface area contributed by atoms with Crippen LogP contribution >= 0.6 is 0 Å². The van der Waals surface area contributed by atoms with E-state index < -0.39 is 0 Å².